The Balaban J connectivity index is 1.95. The number of hydrogen-bond acceptors (Lipinski definition) is 4. The summed E-state index contributed by atoms with van der Waals surface area (Å²) in [5.41, 5.74) is 1.16. The molecule has 0 spiro atoms. The van der Waals surface area contributed by atoms with Gasteiger partial charge < -0.3 is 10.2 Å². The molecule has 1 fully saturated rings. The highest BCUT2D eigenvalue weighted by molar-refractivity contribution is 5.33. The van der Waals surface area contributed by atoms with Crippen LogP contribution in [0.4, 0.5) is 5.95 Å². The van der Waals surface area contributed by atoms with Gasteiger partial charge in [-0.2, -0.15) is 0 Å². The van der Waals surface area contributed by atoms with Crippen molar-refractivity contribution in [1.82, 2.24) is 15.3 Å². The monoisotopic (exact) mass is 248 g/mol. The zero-order valence-corrected chi connectivity index (χ0v) is 11.7. The molecule has 2 unspecified atom stereocenters. The van der Waals surface area contributed by atoms with Gasteiger partial charge in [0.05, 0.1) is 0 Å². The quantitative estimate of drug-likeness (QED) is 0.811. The maximum Gasteiger partial charge on any atom is 0.225 e. The average molecular weight is 248 g/mol. The van der Waals surface area contributed by atoms with Gasteiger partial charge in [0.2, 0.25) is 5.95 Å². The number of nitrogens with zero attached hydrogens (tertiary/aromatic N) is 3. The summed E-state index contributed by atoms with van der Waals surface area (Å²) in [6.07, 6.45) is 6.28. The molecule has 1 aliphatic heterocycles. The zero-order valence-electron chi connectivity index (χ0n) is 11.7. The van der Waals surface area contributed by atoms with Crippen LogP contribution in [0, 0.1) is 5.92 Å². The Labute approximate surface area is 110 Å². The van der Waals surface area contributed by atoms with Crippen molar-refractivity contribution in [2.75, 3.05) is 18.0 Å². The van der Waals surface area contributed by atoms with Gasteiger partial charge in [-0.3, -0.25) is 0 Å². The molecule has 0 bridgehead atoms. The third kappa shape index (κ3) is 3.19. The number of rotatable bonds is 5. The fourth-order valence-electron chi connectivity index (χ4n) is 2.58. The second-order valence-electron chi connectivity index (χ2n) is 5.41. The molecule has 18 heavy (non-hydrogen) atoms. The third-order valence-corrected chi connectivity index (χ3v) is 3.49. The Kier molecular flexibility index (Phi) is 4.53. The summed E-state index contributed by atoms with van der Waals surface area (Å²) in [5, 5.41) is 3.36. The van der Waals surface area contributed by atoms with Crippen LogP contribution < -0.4 is 10.2 Å². The van der Waals surface area contributed by atoms with Crippen molar-refractivity contribution in [3.8, 4) is 0 Å². The fraction of sp³-hybridized carbons (Fsp3) is 0.714. The normalized spacial score (nSPS) is 23.6. The van der Waals surface area contributed by atoms with Crippen molar-refractivity contribution < 1.29 is 0 Å². The zero-order chi connectivity index (χ0) is 13.0. The lowest BCUT2D eigenvalue weighted by molar-refractivity contribution is 0.624. The molecule has 100 valence electrons. The molecule has 4 heteroatoms. The van der Waals surface area contributed by atoms with E-state index in [9.17, 15) is 0 Å². The van der Waals surface area contributed by atoms with Crippen molar-refractivity contribution in [1.29, 1.82) is 0 Å². The highest BCUT2D eigenvalue weighted by Gasteiger charge is 2.27. The maximum absolute atomic E-state index is 4.50. The highest BCUT2D eigenvalue weighted by Crippen LogP contribution is 2.25. The SMILES string of the molecule is CCCNCc1cnc(N2CC(C)CC2C)nc1. The molecule has 1 aliphatic rings. The van der Waals surface area contributed by atoms with E-state index in [0.717, 1.165) is 43.5 Å². The first-order valence-electron chi connectivity index (χ1n) is 6.99. The predicted octanol–water partition coefficient (Wildman–Crippen LogP) is 2.21. The van der Waals surface area contributed by atoms with Crippen molar-refractivity contribution in [2.45, 2.75) is 46.2 Å². The molecule has 1 aromatic heterocycles. The molecular weight excluding hydrogens is 224 g/mol. The van der Waals surface area contributed by atoms with E-state index in [1.807, 2.05) is 12.4 Å². The van der Waals surface area contributed by atoms with Crippen LogP contribution in [0.5, 0.6) is 0 Å². The van der Waals surface area contributed by atoms with E-state index in [2.05, 4.69) is 41.0 Å². The van der Waals surface area contributed by atoms with Crippen LogP contribution in [0.3, 0.4) is 0 Å². The van der Waals surface area contributed by atoms with Gasteiger partial charge in [0.15, 0.2) is 0 Å². The molecule has 0 aromatic carbocycles. The minimum absolute atomic E-state index is 0.559. The van der Waals surface area contributed by atoms with E-state index >= 15 is 0 Å². The molecule has 4 nitrogen and oxygen atoms in total. The van der Waals surface area contributed by atoms with Gasteiger partial charge in [-0.05, 0) is 32.2 Å². The van der Waals surface area contributed by atoms with Gasteiger partial charge in [0, 0.05) is 37.1 Å². The number of aromatic nitrogens is 2. The number of nitrogens with one attached hydrogen (secondary N) is 1. The molecule has 0 radical (unpaired) electrons. The second kappa shape index (κ2) is 6.14. The Morgan fingerprint density at radius 3 is 2.61 bits per heavy atom. The van der Waals surface area contributed by atoms with Crippen molar-refractivity contribution >= 4 is 5.95 Å². The maximum atomic E-state index is 4.50. The van der Waals surface area contributed by atoms with E-state index in [1.165, 1.54) is 6.42 Å². The average Bonchev–Trinajstić information content (AvgIpc) is 2.70. The summed E-state index contributed by atoms with van der Waals surface area (Å²) in [6, 6.07) is 0.559. The summed E-state index contributed by atoms with van der Waals surface area (Å²) >= 11 is 0. The van der Waals surface area contributed by atoms with Crippen molar-refractivity contribution in [3.05, 3.63) is 18.0 Å². The van der Waals surface area contributed by atoms with Gasteiger partial charge in [0.25, 0.3) is 0 Å². The van der Waals surface area contributed by atoms with Crippen LogP contribution in [0.15, 0.2) is 12.4 Å². The van der Waals surface area contributed by atoms with Gasteiger partial charge in [-0.15, -0.1) is 0 Å². The molecule has 0 saturated carbocycles. The van der Waals surface area contributed by atoms with Gasteiger partial charge in [-0.1, -0.05) is 13.8 Å². The molecule has 2 heterocycles. The minimum atomic E-state index is 0.559. The fourth-order valence-corrected chi connectivity index (χ4v) is 2.58. The number of anilines is 1. The summed E-state index contributed by atoms with van der Waals surface area (Å²) in [6.45, 7) is 9.70. The standard InChI is InChI=1S/C14H24N4/c1-4-5-15-7-13-8-16-14(17-9-13)18-10-11(2)6-12(18)3/h8-9,11-12,15H,4-7,10H2,1-3H3. The topological polar surface area (TPSA) is 41.1 Å². The Hall–Kier alpha value is -1.16. The van der Waals surface area contributed by atoms with E-state index in [1.54, 1.807) is 0 Å². The lowest BCUT2D eigenvalue weighted by atomic mass is 10.1. The van der Waals surface area contributed by atoms with Gasteiger partial charge >= 0.3 is 0 Å². The van der Waals surface area contributed by atoms with Crippen molar-refractivity contribution in [2.24, 2.45) is 5.92 Å². The first kappa shape index (κ1) is 13.3. The van der Waals surface area contributed by atoms with Crippen molar-refractivity contribution in [3.63, 3.8) is 0 Å². The van der Waals surface area contributed by atoms with Crippen LogP contribution in [0.1, 0.15) is 39.2 Å². The lowest BCUT2D eigenvalue weighted by Gasteiger charge is -2.21. The first-order chi connectivity index (χ1) is 8.70. The third-order valence-electron chi connectivity index (χ3n) is 3.49. The molecular formula is C14H24N4. The molecule has 2 atom stereocenters. The number of hydrogen-bond donors (Lipinski definition) is 1. The van der Waals surface area contributed by atoms with E-state index in [-0.39, 0.29) is 0 Å². The summed E-state index contributed by atoms with van der Waals surface area (Å²) < 4.78 is 0. The Morgan fingerprint density at radius 2 is 2.06 bits per heavy atom. The van der Waals surface area contributed by atoms with Gasteiger partial charge in [0.1, 0.15) is 0 Å². The predicted molar refractivity (Wildman–Crippen MR) is 74.6 cm³/mol. The second-order valence-corrected chi connectivity index (χ2v) is 5.41. The molecule has 0 amide bonds. The lowest BCUT2D eigenvalue weighted by Crippen LogP contribution is -2.28. The smallest absolute Gasteiger partial charge is 0.225 e. The molecule has 0 aliphatic carbocycles. The summed E-state index contributed by atoms with van der Waals surface area (Å²) in [5.74, 6) is 1.63. The van der Waals surface area contributed by atoms with E-state index < -0.39 is 0 Å². The summed E-state index contributed by atoms with van der Waals surface area (Å²) in [7, 11) is 0. The summed E-state index contributed by atoms with van der Waals surface area (Å²) in [4.78, 5) is 11.3. The molecule has 2 rings (SSSR count). The Bertz CT molecular complexity index is 363. The van der Waals surface area contributed by atoms with Crippen LogP contribution >= 0.6 is 0 Å². The van der Waals surface area contributed by atoms with Crippen LogP contribution in [0.2, 0.25) is 0 Å². The highest BCUT2D eigenvalue weighted by atomic mass is 15.3. The van der Waals surface area contributed by atoms with Crippen LogP contribution in [-0.4, -0.2) is 29.1 Å². The van der Waals surface area contributed by atoms with E-state index in [0.29, 0.717) is 6.04 Å². The molecule has 1 saturated heterocycles. The Morgan fingerprint density at radius 1 is 1.33 bits per heavy atom. The molecule has 1 N–H and O–H groups in total. The van der Waals surface area contributed by atoms with Gasteiger partial charge in [-0.25, -0.2) is 9.97 Å². The first-order valence-corrected chi connectivity index (χ1v) is 6.99. The van der Waals surface area contributed by atoms with Crippen LogP contribution in [0.25, 0.3) is 0 Å². The van der Waals surface area contributed by atoms with Crippen LogP contribution in [-0.2, 0) is 6.54 Å². The van der Waals surface area contributed by atoms with E-state index in [4.69, 9.17) is 0 Å². The minimum Gasteiger partial charge on any atom is -0.338 e. The molecule has 1 aromatic rings. The largest absolute Gasteiger partial charge is 0.338 e.